The van der Waals surface area contributed by atoms with Gasteiger partial charge >= 0.3 is 0 Å². The average Bonchev–Trinajstić information content (AvgIpc) is 3.51. The van der Waals surface area contributed by atoms with Gasteiger partial charge in [-0.1, -0.05) is 26.0 Å². The molecular weight excluding hydrogens is 470 g/mol. The molecule has 0 fully saturated rings. The highest BCUT2D eigenvalue weighted by molar-refractivity contribution is 7.89. The van der Waals surface area contributed by atoms with Crippen molar-refractivity contribution in [1.82, 2.24) is 8.87 Å². The van der Waals surface area contributed by atoms with E-state index in [-0.39, 0.29) is 4.90 Å². The van der Waals surface area contributed by atoms with Gasteiger partial charge in [-0.15, -0.1) is 11.3 Å². The second-order valence-corrected chi connectivity index (χ2v) is 10.3. The van der Waals surface area contributed by atoms with E-state index >= 15 is 0 Å². The molecule has 0 bridgehead atoms. The van der Waals surface area contributed by atoms with Gasteiger partial charge in [-0.05, 0) is 54.1 Å². The summed E-state index contributed by atoms with van der Waals surface area (Å²) in [4.78, 5) is 5.92. The second-order valence-electron chi connectivity index (χ2n) is 7.49. The van der Waals surface area contributed by atoms with Gasteiger partial charge in [0.05, 0.1) is 36.2 Å². The Morgan fingerprint density at radius 3 is 2.32 bits per heavy atom. The van der Waals surface area contributed by atoms with Crippen molar-refractivity contribution in [2.45, 2.75) is 25.3 Å². The van der Waals surface area contributed by atoms with Crippen LogP contribution in [0.4, 0.5) is 5.69 Å². The number of ether oxygens (including phenoxy) is 1. The SMILES string of the molecule is CCN(CC)S(=O)(=O)c1ccc(-c2csc(=Nc3ccc(OC)cc3)n2Cc2ccco2)cc1. The molecule has 2 aromatic heterocycles. The van der Waals surface area contributed by atoms with Gasteiger partial charge in [-0.3, -0.25) is 0 Å². The van der Waals surface area contributed by atoms with E-state index in [9.17, 15) is 8.42 Å². The van der Waals surface area contributed by atoms with Crippen LogP contribution in [0.5, 0.6) is 5.75 Å². The summed E-state index contributed by atoms with van der Waals surface area (Å²) in [6.07, 6.45) is 1.65. The molecule has 0 radical (unpaired) electrons. The summed E-state index contributed by atoms with van der Waals surface area (Å²) in [5.74, 6) is 1.57. The third-order valence-electron chi connectivity index (χ3n) is 5.48. The van der Waals surface area contributed by atoms with E-state index in [1.807, 2.05) is 67.8 Å². The number of rotatable bonds is 9. The first kappa shape index (κ1) is 24.0. The van der Waals surface area contributed by atoms with Crippen LogP contribution in [0.15, 0.2) is 86.6 Å². The van der Waals surface area contributed by atoms with Crippen molar-refractivity contribution < 1.29 is 17.6 Å². The Kier molecular flexibility index (Phi) is 7.35. The Morgan fingerprint density at radius 2 is 1.74 bits per heavy atom. The van der Waals surface area contributed by atoms with Crippen LogP contribution < -0.4 is 9.54 Å². The largest absolute Gasteiger partial charge is 0.497 e. The maximum absolute atomic E-state index is 12.9. The van der Waals surface area contributed by atoms with E-state index in [1.54, 1.807) is 25.5 Å². The van der Waals surface area contributed by atoms with Crippen LogP contribution in [-0.4, -0.2) is 37.5 Å². The van der Waals surface area contributed by atoms with Gasteiger partial charge in [0.1, 0.15) is 11.5 Å². The zero-order valence-electron chi connectivity index (χ0n) is 19.3. The highest BCUT2D eigenvalue weighted by Crippen LogP contribution is 2.25. The van der Waals surface area contributed by atoms with Crippen molar-refractivity contribution in [1.29, 1.82) is 0 Å². The number of nitrogens with zero attached hydrogens (tertiary/aromatic N) is 3. The number of furan rings is 1. The molecule has 0 N–H and O–H groups in total. The lowest BCUT2D eigenvalue weighted by Gasteiger charge is -2.18. The molecule has 0 aliphatic rings. The molecule has 7 nitrogen and oxygen atoms in total. The lowest BCUT2D eigenvalue weighted by Crippen LogP contribution is -2.30. The lowest BCUT2D eigenvalue weighted by molar-refractivity contribution is 0.415. The highest BCUT2D eigenvalue weighted by Gasteiger charge is 2.21. The summed E-state index contributed by atoms with van der Waals surface area (Å²) < 4.78 is 40.1. The molecule has 0 saturated heterocycles. The van der Waals surface area contributed by atoms with Crippen LogP contribution in [0.2, 0.25) is 0 Å². The van der Waals surface area contributed by atoms with Gasteiger partial charge in [-0.2, -0.15) is 4.31 Å². The molecule has 34 heavy (non-hydrogen) atoms. The molecule has 2 aromatic carbocycles. The number of thiazole rings is 1. The van der Waals surface area contributed by atoms with E-state index in [1.165, 1.54) is 15.6 Å². The van der Waals surface area contributed by atoms with Crippen molar-refractivity contribution in [2.75, 3.05) is 20.2 Å². The third kappa shape index (κ3) is 5.01. The Morgan fingerprint density at radius 1 is 1.03 bits per heavy atom. The molecule has 0 saturated carbocycles. The molecule has 9 heteroatoms. The zero-order chi connectivity index (χ0) is 24.1. The molecule has 0 aliphatic carbocycles. The van der Waals surface area contributed by atoms with Crippen molar-refractivity contribution in [3.8, 4) is 17.0 Å². The van der Waals surface area contributed by atoms with E-state index in [0.29, 0.717) is 19.6 Å². The van der Waals surface area contributed by atoms with Crippen molar-refractivity contribution in [2.24, 2.45) is 4.99 Å². The number of benzene rings is 2. The zero-order valence-corrected chi connectivity index (χ0v) is 21.0. The van der Waals surface area contributed by atoms with E-state index < -0.39 is 10.0 Å². The van der Waals surface area contributed by atoms with Crippen LogP contribution in [0.1, 0.15) is 19.6 Å². The van der Waals surface area contributed by atoms with Crippen LogP contribution >= 0.6 is 11.3 Å². The van der Waals surface area contributed by atoms with Crippen LogP contribution in [0.25, 0.3) is 11.3 Å². The maximum Gasteiger partial charge on any atom is 0.243 e. The molecule has 0 atom stereocenters. The number of hydrogen-bond donors (Lipinski definition) is 0. The smallest absolute Gasteiger partial charge is 0.243 e. The number of methoxy groups -OCH3 is 1. The van der Waals surface area contributed by atoms with Crippen LogP contribution in [0, 0.1) is 0 Å². The molecule has 178 valence electrons. The quantitative estimate of drug-likeness (QED) is 0.321. The Labute approximate surface area is 203 Å². The second kappa shape index (κ2) is 10.4. The average molecular weight is 498 g/mol. The minimum absolute atomic E-state index is 0.288. The number of aromatic nitrogens is 1. The van der Waals surface area contributed by atoms with Crippen LogP contribution in [0.3, 0.4) is 0 Å². The normalized spacial score (nSPS) is 12.4. The Balaban J connectivity index is 1.75. The minimum atomic E-state index is -3.51. The molecule has 0 aliphatic heterocycles. The highest BCUT2D eigenvalue weighted by atomic mass is 32.2. The van der Waals surface area contributed by atoms with Crippen molar-refractivity contribution in [3.63, 3.8) is 0 Å². The fourth-order valence-corrected chi connectivity index (χ4v) is 6.02. The standard InChI is InChI=1S/C25H27N3O4S2/c1-4-27(5-2)34(29,30)23-14-8-19(9-15-23)24-18-33-25(28(24)17-22-7-6-16-32-22)26-20-10-12-21(31-3)13-11-20/h6-16,18H,4-5,17H2,1-3H3. The van der Waals surface area contributed by atoms with E-state index in [4.69, 9.17) is 14.1 Å². The fourth-order valence-electron chi connectivity index (χ4n) is 3.64. The van der Waals surface area contributed by atoms with E-state index in [0.717, 1.165) is 33.3 Å². The topological polar surface area (TPSA) is 77.0 Å². The summed E-state index contributed by atoms with van der Waals surface area (Å²) in [7, 11) is -1.87. The Bertz CT molecular complexity index is 1380. The molecule has 0 spiro atoms. The number of sulfonamides is 1. The first-order chi connectivity index (χ1) is 16.5. The summed E-state index contributed by atoms with van der Waals surface area (Å²) in [6, 6.07) is 18.3. The first-order valence-electron chi connectivity index (χ1n) is 11.0. The van der Waals surface area contributed by atoms with Gasteiger partial charge in [-0.25, -0.2) is 13.4 Å². The molecule has 0 amide bonds. The summed E-state index contributed by atoms with van der Waals surface area (Å²) in [5, 5.41) is 2.03. The van der Waals surface area contributed by atoms with Gasteiger partial charge < -0.3 is 13.7 Å². The predicted octanol–water partition coefficient (Wildman–Crippen LogP) is 5.13. The van der Waals surface area contributed by atoms with Crippen LogP contribution in [-0.2, 0) is 16.6 Å². The molecule has 4 aromatic rings. The summed E-state index contributed by atoms with van der Waals surface area (Å²) in [6.45, 7) is 5.05. The van der Waals surface area contributed by atoms with Gasteiger partial charge in [0.2, 0.25) is 10.0 Å². The monoisotopic (exact) mass is 497 g/mol. The first-order valence-corrected chi connectivity index (χ1v) is 13.3. The molecular formula is C25H27N3O4S2. The van der Waals surface area contributed by atoms with Gasteiger partial charge in [0.25, 0.3) is 0 Å². The fraction of sp³-hybridized carbons (Fsp3) is 0.240. The maximum atomic E-state index is 12.9. The molecule has 2 heterocycles. The van der Waals surface area contributed by atoms with Crippen molar-refractivity contribution >= 4 is 27.0 Å². The molecule has 4 rings (SSSR count). The van der Waals surface area contributed by atoms with Gasteiger partial charge in [0.15, 0.2) is 4.80 Å². The lowest BCUT2D eigenvalue weighted by atomic mass is 10.2. The minimum Gasteiger partial charge on any atom is -0.497 e. The van der Waals surface area contributed by atoms with Gasteiger partial charge in [0, 0.05) is 18.5 Å². The number of hydrogen-bond acceptors (Lipinski definition) is 6. The summed E-state index contributed by atoms with van der Waals surface area (Å²) >= 11 is 1.52. The third-order valence-corrected chi connectivity index (χ3v) is 8.41. The van der Waals surface area contributed by atoms with Crippen molar-refractivity contribution in [3.05, 3.63) is 82.9 Å². The summed E-state index contributed by atoms with van der Waals surface area (Å²) in [5.41, 5.74) is 2.64. The Hall–Kier alpha value is -3.14. The molecule has 0 unspecified atom stereocenters. The van der Waals surface area contributed by atoms with E-state index in [2.05, 4.69) is 4.57 Å². The predicted molar refractivity (Wildman–Crippen MR) is 134 cm³/mol.